The molecule has 37 heavy (non-hydrogen) atoms. The van der Waals surface area contributed by atoms with Crippen molar-refractivity contribution >= 4 is 6.09 Å². The Morgan fingerprint density at radius 2 is 1.78 bits per heavy atom. The molecule has 1 aliphatic heterocycles. The van der Waals surface area contributed by atoms with Crippen LogP contribution in [0.5, 0.6) is 5.75 Å². The molecule has 3 saturated carbocycles. The summed E-state index contributed by atoms with van der Waals surface area (Å²) in [5.74, 6) is 0.539. The summed E-state index contributed by atoms with van der Waals surface area (Å²) < 4.78 is 47.6. The third kappa shape index (κ3) is 3.89. The summed E-state index contributed by atoms with van der Waals surface area (Å²) in [6.07, 6.45) is 5.66. The standard InChI is InChI=1S/C29H34F3NO4/c1-26-12-9-20(34)15-19(26)5-8-22-23(26)10-13-27(2)24(22)11-14-28(27)17-33(25(35)37-28)16-18-3-6-21(7-4-18)36-29(30,31)32/h3-8,20,23-24,34H,9-17H2,1-2H3/t20-,23-,24-,26-,27-,28+/m0/s1. The number of carbonyl (C=O) groups is 1. The zero-order chi connectivity index (χ0) is 26.2. The van der Waals surface area contributed by atoms with Gasteiger partial charge < -0.3 is 14.6 Å². The first-order valence-corrected chi connectivity index (χ1v) is 13.3. The highest BCUT2D eigenvalue weighted by atomic mass is 19.4. The molecule has 5 nitrogen and oxygen atoms in total. The molecule has 0 unspecified atom stereocenters. The van der Waals surface area contributed by atoms with Gasteiger partial charge in [0.25, 0.3) is 0 Å². The molecule has 0 bridgehead atoms. The maximum atomic E-state index is 13.0. The normalized spacial score (nSPS) is 38.9. The van der Waals surface area contributed by atoms with Crippen molar-refractivity contribution in [2.45, 2.75) is 83.4 Å². The smallest absolute Gasteiger partial charge is 0.440 e. The zero-order valence-electron chi connectivity index (χ0n) is 21.3. The number of alkyl halides is 3. The minimum absolute atomic E-state index is 0.0980. The molecule has 1 heterocycles. The number of benzene rings is 1. The maximum Gasteiger partial charge on any atom is 0.573 e. The Hall–Kier alpha value is -2.48. The molecule has 0 radical (unpaired) electrons. The van der Waals surface area contributed by atoms with E-state index in [1.165, 1.54) is 23.3 Å². The molecule has 8 heteroatoms. The van der Waals surface area contributed by atoms with Crippen molar-refractivity contribution in [3.05, 3.63) is 53.1 Å². The first kappa shape index (κ1) is 24.8. The second kappa shape index (κ2) is 8.26. The molecule has 6 atom stereocenters. The molecule has 1 amide bonds. The number of hydrogen-bond donors (Lipinski definition) is 1. The van der Waals surface area contributed by atoms with E-state index in [0.717, 1.165) is 50.5 Å². The van der Waals surface area contributed by atoms with Gasteiger partial charge in [-0.2, -0.15) is 0 Å². The van der Waals surface area contributed by atoms with Crippen LogP contribution in [-0.2, 0) is 11.3 Å². The Labute approximate surface area is 215 Å². The van der Waals surface area contributed by atoms with E-state index in [1.54, 1.807) is 17.0 Å². The minimum atomic E-state index is -4.74. The van der Waals surface area contributed by atoms with Crippen molar-refractivity contribution < 1.29 is 32.5 Å². The predicted octanol–water partition coefficient (Wildman–Crippen LogP) is 6.52. The Morgan fingerprint density at radius 1 is 1.05 bits per heavy atom. The lowest BCUT2D eigenvalue weighted by Gasteiger charge is -2.55. The lowest BCUT2D eigenvalue weighted by molar-refractivity contribution is -0.274. The second-order valence-electron chi connectivity index (χ2n) is 12.2. The molecular weight excluding hydrogens is 483 g/mol. The highest BCUT2D eigenvalue weighted by Crippen LogP contribution is 2.67. The largest absolute Gasteiger partial charge is 0.573 e. The number of aliphatic hydroxyl groups is 1. The Kier molecular flexibility index (Phi) is 5.54. The number of rotatable bonds is 3. The van der Waals surface area contributed by atoms with Crippen molar-refractivity contribution in [2.75, 3.05) is 6.54 Å². The molecule has 0 aromatic heterocycles. The highest BCUT2D eigenvalue weighted by molar-refractivity contribution is 5.71. The van der Waals surface area contributed by atoms with Crippen LogP contribution in [0.25, 0.3) is 0 Å². The van der Waals surface area contributed by atoms with E-state index < -0.39 is 12.0 Å². The Morgan fingerprint density at radius 3 is 2.51 bits per heavy atom. The number of amides is 1. The van der Waals surface area contributed by atoms with Crippen LogP contribution in [0.4, 0.5) is 18.0 Å². The minimum Gasteiger partial charge on any atom is -0.440 e. The number of fused-ring (bicyclic) bond motifs is 6. The molecule has 4 fully saturated rings. The van der Waals surface area contributed by atoms with Gasteiger partial charge in [0.05, 0.1) is 12.6 Å². The van der Waals surface area contributed by atoms with E-state index in [4.69, 9.17) is 4.74 Å². The zero-order valence-corrected chi connectivity index (χ0v) is 21.3. The number of halogens is 3. The molecule has 200 valence electrons. The molecule has 1 N–H and O–H groups in total. The van der Waals surface area contributed by atoms with E-state index in [9.17, 15) is 23.1 Å². The van der Waals surface area contributed by atoms with Gasteiger partial charge in [-0.25, -0.2) is 4.79 Å². The third-order valence-corrected chi connectivity index (χ3v) is 10.4. The van der Waals surface area contributed by atoms with Crippen LogP contribution in [0.15, 0.2) is 47.6 Å². The maximum absolute atomic E-state index is 13.0. The van der Waals surface area contributed by atoms with Crippen LogP contribution in [-0.4, -0.2) is 40.7 Å². The SMILES string of the molecule is C[C@]12CC[C@H](O)CC1=CC=C1[C@@H]2CC[C@@]2(C)[C@H]1CC[C@@]21CN(Cc2ccc(OC(F)(F)F)cc2)C(=O)O1. The lowest BCUT2D eigenvalue weighted by Crippen LogP contribution is -2.53. The van der Waals surface area contributed by atoms with Gasteiger partial charge in [-0.1, -0.05) is 49.3 Å². The van der Waals surface area contributed by atoms with E-state index in [2.05, 4.69) is 30.7 Å². The first-order valence-electron chi connectivity index (χ1n) is 13.3. The summed E-state index contributed by atoms with van der Waals surface area (Å²) in [6.45, 7) is 5.43. The van der Waals surface area contributed by atoms with Crippen LogP contribution in [0.1, 0.15) is 64.4 Å². The van der Waals surface area contributed by atoms with Gasteiger partial charge in [0.15, 0.2) is 0 Å². The van der Waals surface area contributed by atoms with Crippen molar-refractivity contribution in [1.82, 2.24) is 4.90 Å². The van der Waals surface area contributed by atoms with Crippen LogP contribution < -0.4 is 4.74 Å². The predicted molar refractivity (Wildman–Crippen MR) is 130 cm³/mol. The summed E-state index contributed by atoms with van der Waals surface area (Å²) in [7, 11) is 0. The number of carbonyl (C=O) groups excluding carboxylic acids is 1. The van der Waals surface area contributed by atoms with Crippen molar-refractivity contribution in [2.24, 2.45) is 22.7 Å². The molecule has 4 aliphatic carbocycles. The number of aliphatic hydroxyl groups excluding tert-OH is 1. The third-order valence-electron chi connectivity index (χ3n) is 10.4. The number of allylic oxidation sites excluding steroid dienone is 3. The Balaban J connectivity index is 1.21. The molecular formula is C29H34F3NO4. The average molecular weight is 518 g/mol. The van der Waals surface area contributed by atoms with Gasteiger partial charge in [0.2, 0.25) is 0 Å². The summed E-state index contributed by atoms with van der Waals surface area (Å²) in [6, 6.07) is 5.66. The van der Waals surface area contributed by atoms with Gasteiger partial charge in [-0.05, 0) is 79.9 Å². The molecule has 1 aromatic carbocycles. The number of nitrogens with zero attached hydrogens (tertiary/aromatic N) is 1. The summed E-state index contributed by atoms with van der Waals surface area (Å²) >= 11 is 0. The molecule has 1 saturated heterocycles. The highest BCUT2D eigenvalue weighted by Gasteiger charge is 2.67. The average Bonchev–Trinajstić information content (AvgIpc) is 3.30. The van der Waals surface area contributed by atoms with E-state index in [-0.39, 0.29) is 35.3 Å². The topological polar surface area (TPSA) is 59.0 Å². The van der Waals surface area contributed by atoms with Gasteiger partial charge in [-0.15, -0.1) is 13.2 Å². The molecule has 1 spiro atoms. The van der Waals surface area contributed by atoms with E-state index in [1.807, 2.05) is 0 Å². The van der Waals surface area contributed by atoms with E-state index in [0.29, 0.717) is 18.4 Å². The summed E-state index contributed by atoms with van der Waals surface area (Å²) in [4.78, 5) is 14.7. The summed E-state index contributed by atoms with van der Waals surface area (Å²) in [5, 5.41) is 10.2. The van der Waals surface area contributed by atoms with Gasteiger partial charge in [-0.3, -0.25) is 4.90 Å². The van der Waals surface area contributed by atoms with Crippen molar-refractivity contribution in [1.29, 1.82) is 0 Å². The monoisotopic (exact) mass is 517 g/mol. The fourth-order valence-corrected chi connectivity index (χ4v) is 8.28. The van der Waals surface area contributed by atoms with Crippen molar-refractivity contribution in [3.8, 4) is 5.75 Å². The molecule has 1 aromatic rings. The van der Waals surface area contributed by atoms with Crippen LogP contribution in [0, 0.1) is 22.7 Å². The molecule has 6 rings (SSSR count). The lowest BCUT2D eigenvalue weighted by atomic mass is 9.50. The number of ether oxygens (including phenoxy) is 2. The fourth-order valence-electron chi connectivity index (χ4n) is 8.28. The van der Waals surface area contributed by atoms with Crippen molar-refractivity contribution in [3.63, 3.8) is 0 Å². The Bertz CT molecular complexity index is 1160. The van der Waals surface area contributed by atoms with Gasteiger partial charge >= 0.3 is 12.5 Å². The van der Waals surface area contributed by atoms with Crippen LogP contribution >= 0.6 is 0 Å². The van der Waals surface area contributed by atoms with Crippen LogP contribution in [0.3, 0.4) is 0 Å². The molecule has 5 aliphatic rings. The quantitative estimate of drug-likeness (QED) is 0.496. The van der Waals surface area contributed by atoms with Gasteiger partial charge in [0, 0.05) is 12.0 Å². The van der Waals surface area contributed by atoms with E-state index >= 15 is 0 Å². The van der Waals surface area contributed by atoms with Crippen LogP contribution in [0.2, 0.25) is 0 Å². The van der Waals surface area contributed by atoms with Gasteiger partial charge in [0.1, 0.15) is 11.4 Å². The first-order chi connectivity index (χ1) is 17.4. The summed E-state index contributed by atoms with van der Waals surface area (Å²) in [5.41, 5.74) is 2.96. The number of hydrogen-bond acceptors (Lipinski definition) is 4. The fraction of sp³-hybridized carbons (Fsp3) is 0.621. The second-order valence-corrected chi connectivity index (χ2v) is 12.2.